The van der Waals surface area contributed by atoms with E-state index in [9.17, 15) is 0 Å². The number of aromatic nitrogens is 2. The van der Waals surface area contributed by atoms with Gasteiger partial charge in [-0.3, -0.25) is 5.32 Å². The smallest absolute Gasteiger partial charge is 0.168 e. The third-order valence-electron chi connectivity index (χ3n) is 3.32. The van der Waals surface area contributed by atoms with Crippen molar-refractivity contribution in [1.82, 2.24) is 15.3 Å². The highest BCUT2D eigenvalue weighted by Crippen LogP contribution is 2.34. The summed E-state index contributed by atoms with van der Waals surface area (Å²) in [6.45, 7) is 6.51. The summed E-state index contributed by atoms with van der Waals surface area (Å²) in [5, 5.41) is 5.37. The minimum atomic E-state index is 0.00281. The Morgan fingerprint density at radius 2 is 1.87 bits per heavy atom. The molecule has 3 rings (SSSR count). The van der Waals surface area contributed by atoms with Gasteiger partial charge in [0.15, 0.2) is 5.16 Å². The second kappa shape index (κ2) is 6.56. The number of thioether (sulfide) groups is 1. The van der Waals surface area contributed by atoms with E-state index in [4.69, 9.17) is 11.6 Å². The van der Waals surface area contributed by atoms with Crippen LogP contribution in [0.4, 0.5) is 0 Å². The summed E-state index contributed by atoms with van der Waals surface area (Å²) >= 11 is 7.73. The van der Waals surface area contributed by atoms with Crippen LogP contribution in [0, 0.1) is 0 Å². The highest BCUT2D eigenvalue weighted by atomic mass is 35.5. The lowest BCUT2D eigenvalue weighted by Gasteiger charge is -2.28. The molecule has 3 nitrogen and oxygen atoms in total. The first-order valence-electron chi connectivity index (χ1n) is 7.55. The van der Waals surface area contributed by atoms with Crippen molar-refractivity contribution < 1.29 is 0 Å². The van der Waals surface area contributed by atoms with E-state index in [1.807, 2.05) is 24.3 Å². The molecule has 0 aliphatic rings. The molecule has 23 heavy (non-hydrogen) atoms. The van der Waals surface area contributed by atoms with Gasteiger partial charge in [0, 0.05) is 10.6 Å². The average Bonchev–Trinajstić information content (AvgIpc) is 2.87. The van der Waals surface area contributed by atoms with Crippen molar-refractivity contribution in [3.8, 4) is 0 Å². The minimum absolute atomic E-state index is 0.00281. The Kier molecular flexibility index (Phi) is 4.67. The van der Waals surface area contributed by atoms with Crippen molar-refractivity contribution in [2.75, 3.05) is 0 Å². The van der Waals surface area contributed by atoms with Crippen molar-refractivity contribution >= 4 is 34.4 Å². The molecule has 0 aliphatic carbocycles. The molecule has 2 N–H and O–H groups in total. The zero-order valence-corrected chi connectivity index (χ0v) is 15.0. The molecule has 0 spiro atoms. The van der Waals surface area contributed by atoms with Crippen LogP contribution < -0.4 is 5.32 Å². The van der Waals surface area contributed by atoms with Crippen LogP contribution >= 0.6 is 23.4 Å². The van der Waals surface area contributed by atoms with Crippen molar-refractivity contribution in [1.29, 1.82) is 0 Å². The highest BCUT2D eigenvalue weighted by Gasteiger charge is 2.21. The van der Waals surface area contributed by atoms with Gasteiger partial charge in [0.1, 0.15) is 0 Å². The monoisotopic (exact) mass is 345 g/mol. The molecule has 0 fully saturated rings. The van der Waals surface area contributed by atoms with E-state index < -0.39 is 0 Å². The second-order valence-corrected chi connectivity index (χ2v) is 8.04. The van der Waals surface area contributed by atoms with Crippen LogP contribution in [0.1, 0.15) is 31.7 Å². The molecule has 1 heterocycles. The first kappa shape index (κ1) is 16.4. The molecule has 0 aliphatic heterocycles. The van der Waals surface area contributed by atoms with E-state index in [0.717, 1.165) is 16.2 Å². The van der Waals surface area contributed by atoms with Crippen molar-refractivity contribution in [3.05, 3.63) is 59.1 Å². The standard InChI is InChI=1S/C18H20ClN3S/c1-18(2,3)22-16(12-7-5-4-6-8-12)23-17-20-14-10-9-13(19)11-15(14)21-17/h4-11,16,22H,1-3H3,(H,20,21). The lowest BCUT2D eigenvalue weighted by atomic mass is 10.1. The number of rotatable bonds is 4. The van der Waals surface area contributed by atoms with Gasteiger partial charge >= 0.3 is 0 Å². The van der Waals surface area contributed by atoms with Gasteiger partial charge in [0.05, 0.1) is 16.4 Å². The molecule has 0 bridgehead atoms. The fourth-order valence-electron chi connectivity index (χ4n) is 2.33. The maximum atomic E-state index is 6.05. The molecule has 1 aromatic heterocycles. The SMILES string of the molecule is CC(C)(C)NC(Sc1nc2ccc(Cl)cc2[nH]1)c1ccccc1. The van der Waals surface area contributed by atoms with Crippen molar-refractivity contribution in [3.63, 3.8) is 0 Å². The third kappa shape index (κ3) is 4.28. The van der Waals surface area contributed by atoms with Crippen LogP contribution in [0.5, 0.6) is 0 Å². The average molecular weight is 346 g/mol. The minimum Gasteiger partial charge on any atom is -0.333 e. The highest BCUT2D eigenvalue weighted by molar-refractivity contribution is 7.99. The topological polar surface area (TPSA) is 40.7 Å². The molecular formula is C18H20ClN3S. The van der Waals surface area contributed by atoms with E-state index >= 15 is 0 Å². The quantitative estimate of drug-likeness (QED) is 0.491. The number of H-pyrrole nitrogens is 1. The maximum absolute atomic E-state index is 6.05. The molecule has 1 atom stereocenters. The predicted molar refractivity (Wildman–Crippen MR) is 99.0 cm³/mol. The largest absolute Gasteiger partial charge is 0.333 e. The summed E-state index contributed by atoms with van der Waals surface area (Å²) in [6, 6.07) is 16.1. The summed E-state index contributed by atoms with van der Waals surface area (Å²) in [5.74, 6) is 0. The van der Waals surface area contributed by atoms with Gasteiger partial charge in [-0.15, -0.1) is 0 Å². The molecule has 1 unspecified atom stereocenters. The van der Waals surface area contributed by atoms with Crippen LogP contribution in [-0.4, -0.2) is 15.5 Å². The number of imidazole rings is 1. The Morgan fingerprint density at radius 3 is 2.57 bits per heavy atom. The molecule has 5 heteroatoms. The Balaban J connectivity index is 1.90. The van der Waals surface area contributed by atoms with Gasteiger partial charge in [-0.1, -0.05) is 53.7 Å². The molecule has 2 aromatic carbocycles. The Morgan fingerprint density at radius 1 is 1.13 bits per heavy atom. The number of fused-ring (bicyclic) bond motifs is 1. The molecule has 0 radical (unpaired) electrons. The van der Waals surface area contributed by atoms with E-state index in [1.54, 1.807) is 11.8 Å². The fraction of sp³-hybridized carbons (Fsp3) is 0.278. The van der Waals surface area contributed by atoms with Crippen molar-refractivity contribution in [2.24, 2.45) is 0 Å². The zero-order chi connectivity index (χ0) is 16.4. The molecular weight excluding hydrogens is 326 g/mol. The molecule has 0 amide bonds. The molecule has 0 saturated heterocycles. The van der Waals surface area contributed by atoms with E-state index in [1.165, 1.54) is 5.56 Å². The molecule has 0 saturated carbocycles. The van der Waals surface area contributed by atoms with Gasteiger partial charge < -0.3 is 4.98 Å². The third-order valence-corrected chi connectivity index (χ3v) is 4.60. The summed E-state index contributed by atoms with van der Waals surface area (Å²) in [5.41, 5.74) is 3.12. The summed E-state index contributed by atoms with van der Waals surface area (Å²) in [7, 11) is 0. The predicted octanol–water partition coefficient (Wildman–Crippen LogP) is 5.40. The van der Waals surface area contributed by atoms with Gasteiger partial charge in [-0.05, 0) is 44.5 Å². The van der Waals surface area contributed by atoms with Crippen LogP contribution in [0.15, 0.2) is 53.7 Å². The summed E-state index contributed by atoms with van der Waals surface area (Å²) < 4.78 is 0. The maximum Gasteiger partial charge on any atom is 0.168 e. The Labute approximate surface area is 145 Å². The van der Waals surface area contributed by atoms with Crippen LogP contribution in [-0.2, 0) is 0 Å². The molecule has 3 aromatic rings. The van der Waals surface area contributed by atoms with Crippen LogP contribution in [0.3, 0.4) is 0 Å². The van der Waals surface area contributed by atoms with Crippen LogP contribution in [0.25, 0.3) is 11.0 Å². The van der Waals surface area contributed by atoms with Gasteiger partial charge in [-0.2, -0.15) is 0 Å². The number of hydrogen-bond donors (Lipinski definition) is 2. The van der Waals surface area contributed by atoms with Crippen molar-refractivity contribution in [2.45, 2.75) is 36.8 Å². The summed E-state index contributed by atoms with van der Waals surface area (Å²) in [4.78, 5) is 8.01. The number of nitrogens with zero attached hydrogens (tertiary/aromatic N) is 1. The zero-order valence-electron chi connectivity index (χ0n) is 13.4. The normalized spacial score (nSPS) is 13.4. The lowest BCUT2D eigenvalue weighted by molar-refractivity contribution is 0.418. The Bertz CT molecular complexity index is 793. The van der Waals surface area contributed by atoms with E-state index in [-0.39, 0.29) is 10.9 Å². The fourth-order valence-corrected chi connectivity index (χ4v) is 3.75. The number of nitrogens with one attached hydrogen (secondary N) is 2. The second-order valence-electron chi connectivity index (χ2n) is 6.51. The number of hydrogen-bond acceptors (Lipinski definition) is 3. The number of aromatic amines is 1. The number of halogens is 1. The van der Waals surface area contributed by atoms with E-state index in [0.29, 0.717) is 5.02 Å². The molecule has 120 valence electrons. The Hall–Kier alpha value is -1.49. The first-order valence-corrected chi connectivity index (χ1v) is 8.81. The van der Waals surface area contributed by atoms with Gasteiger partial charge in [0.2, 0.25) is 0 Å². The van der Waals surface area contributed by atoms with Gasteiger partial charge in [-0.25, -0.2) is 4.98 Å². The number of benzene rings is 2. The van der Waals surface area contributed by atoms with Gasteiger partial charge in [0.25, 0.3) is 0 Å². The van der Waals surface area contributed by atoms with E-state index in [2.05, 4.69) is 60.3 Å². The van der Waals surface area contributed by atoms with Crippen LogP contribution in [0.2, 0.25) is 5.02 Å². The summed E-state index contributed by atoms with van der Waals surface area (Å²) in [6.07, 6.45) is 0. The first-order chi connectivity index (χ1) is 10.9. The lowest BCUT2D eigenvalue weighted by Crippen LogP contribution is -2.37.